The molecule has 0 aliphatic heterocycles. The van der Waals surface area contributed by atoms with Crippen molar-refractivity contribution in [2.24, 2.45) is 0 Å². The van der Waals surface area contributed by atoms with Crippen LogP contribution in [0.5, 0.6) is 11.5 Å². The van der Waals surface area contributed by atoms with Crippen molar-refractivity contribution in [3.8, 4) is 11.5 Å². The highest BCUT2D eigenvalue weighted by Gasteiger charge is 2.08. The molecule has 3 aromatic carbocycles. The summed E-state index contributed by atoms with van der Waals surface area (Å²) in [7, 11) is 0. The Kier molecular flexibility index (Phi) is 6.96. The molecule has 8 heteroatoms. The Bertz CT molecular complexity index is 1010. The van der Waals surface area contributed by atoms with Crippen molar-refractivity contribution >= 4 is 39.9 Å². The number of rotatable bonds is 6. The highest BCUT2D eigenvalue weighted by molar-refractivity contribution is 7.80. The van der Waals surface area contributed by atoms with Gasteiger partial charge in [0.1, 0.15) is 11.5 Å². The van der Waals surface area contributed by atoms with E-state index in [0.29, 0.717) is 11.5 Å². The highest BCUT2D eigenvalue weighted by Crippen LogP contribution is 2.20. The van der Waals surface area contributed by atoms with Gasteiger partial charge in [-0.05, 0) is 47.3 Å². The number of carbonyl (C=O) groups excluding carboxylic acids is 2. The summed E-state index contributed by atoms with van der Waals surface area (Å²) in [4.78, 5) is 23.7. The molecule has 0 saturated heterocycles. The summed E-state index contributed by atoms with van der Waals surface area (Å²) in [6.45, 7) is -0.413. The van der Waals surface area contributed by atoms with Gasteiger partial charge in [0.05, 0.1) is 0 Å². The molecule has 3 rings (SSSR count). The van der Waals surface area contributed by atoms with Crippen molar-refractivity contribution in [1.82, 2.24) is 16.2 Å². The molecule has 0 aliphatic carbocycles. The van der Waals surface area contributed by atoms with Gasteiger partial charge in [0.2, 0.25) is 0 Å². The van der Waals surface area contributed by atoms with Crippen molar-refractivity contribution in [3.63, 3.8) is 0 Å². The predicted molar refractivity (Wildman–Crippen MR) is 113 cm³/mol. The van der Waals surface area contributed by atoms with Crippen LogP contribution in [0, 0.1) is 0 Å². The molecule has 3 aromatic rings. The maximum atomic E-state index is 11.9. The Balaban J connectivity index is 1.35. The molecule has 0 radical (unpaired) electrons. The SMILES string of the molecule is O=C(COc1ccc2ccccc2c1)NNC(=S)NC(=O)COc1ccccc1. The van der Waals surface area contributed by atoms with Gasteiger partial charge in [-0.2, -0.15) is 0 Å². The average Bonchev–Trinajstić information content (AvgIpc) is 2.75. The summed E-state index contributed by atoms with van der Waals surface area (Å²) in [6, 6.07) is 22.3. The van der Waals surface area contributed by atoms with Crippen LogP contribution in [0.2, 0.25) is 0 Å². The Morgan fingerprint density at radius 1 is 0.724 bits per heavy atom. The Labute approximate surface area is 173 Å². The standard InChI is InChI=1S/C21H19N3O4S/c25-19(13-27-17-8-2-1-3-9-17)22-21(29)24-23-20(26)14-28-18-11-10-15-6-4-5-7-16(15)12-18/h1-12H,13-14H2,(H,23,26)(H2,22,24,25,29). The summed E-state index contributed by atoms with van der Waals surface area (Å²) in [6.07, 6.45) is 0. The summed E-state index contributed by atoms with van der Waals surface area (Å²) in [5.41, 5.74) is 4.80. The molecule has 0 atom stereocenters. The van der Waals surface area contributed by atoms with Crippen LogP contribution in [-0.4, -0.2) is 30.1 Å². The molecule has 7 nitrogen and oxygen atoms in total. The Morgan fingerprint density at radius 3 is 2.17 bits per heavy atom. The first-order valence-corrected chi connectivity index (χ1v) is 9.19. The third-order valence-electron chi connectivity index (χ3n) is 3.77. The molecule has 0 heterocycles. The second kappa shape index (κ2) is 10.0. The van der Waals surface area contributed by atoms with Crippen LogP contribution in [0.1, 0.15) is 0 Å². The number of carbonyl (C=O) groups is 2. The zero-order valence-electron chi connectivity index (χ0n) is 15.4. The largest absolute Gasteiger partial charge is 0.484 e. The van der Waals surface area contributed by atoms with Crippen LogP contribution >= 0.6 is 12.2 Å². The summed E-state index contributed by atoms with van der Waals surface area (Å²) < 4.78 is 10.8. The lowest BCUT2D eigenvalue weighted by atomic mass is 10.1. The number of nitrogens with one attached hydrogen (secondary N) is 3. The van der Waals surface area contributed by atoms with Gasteiger partial charge in [-0.15, -0.1) is 0 Å². The van der Waals surface area contributed by atoms with Crippen LogP contribution in [-0.2, 0) is 9.59 Å². The van der Waals surface area contributed by atoms with E-state index in [1.165, 1.54) is 0 Å². The number of amides is 2. The molecule has 29 heavy (non-hydrogen) atoms. The second-order valence-corrected chi connectivity index (χ2v) is 6.36. The lowest BCUT2D eigenvalue weighted by molar-refractivity contribution is -0.124. The van der Waals surface area contributed by atoms with E-state index in [-0.39, 0.29) is 18.3 Å². The molecule has 0 fully saturated rings. The first-order valence-electron chi connectivity index (χ1n) is 8.78. The van der Waals surface area contributed by atoms with E-state index in [9.17, 15) is 9.59 Å². The molecule has 0 aromatic heterocycles. The maximum absolute atomic E-state index is 11.9. The molecular weight excluding hydrogens is 390 g/mol. The topological polar surface area (TPSA) is 88.7 Å². The van der Waals surface area contributed by atoms with E-state index in [2.05, 4.69) is 16.2 Å². The quantitative estimate of drug-likeness (QED) is 0.428. The first-order chi connectivity index (χ1) is 14.1. The number of benzene rings is 3. The minimum absolute atomic E-state index is 0.0503. The Morgan fingerprint density at radius 2 is 1.38 bits per heavy atom. The van der Waals surface area contributed by atoms with Crippen molar-refractivity contribution in [2.75, 3.05) is 13.2 Å². The smallest absolute Gasteiger partial charge is 0.276 e. The normalized spacial score (nSPS) is 10.1. The van der Waals surface area contributed by atoms with Gasteiger partial charge >= 0.3 is 0 Å². The van der Waals surface area contributed by atoms with E-state index in [0.717, 1.165) is 10.8 Å². The van der Waals surface area contributed by atoms with E-state index >= 15 is 0 Å². The second-order valence-electron chi connectivity index (χ2n) is 5.95. The van der Waals surface area contributed by atoms with Crippen molar-refractivity contribution in [3.05, 3.63) is 72.8 Å². The lowest BCUT2D eigenvalue weighted by Gasteiger charge is -2.12. The van der Waals surface area contributed by atoms with Crippen LogP contribution in [0.3, 0.4) is 0 Å². The van der Waals surface area contributed by atoms with E-state index < -0.39 is 11.8 Å². The number of thiocarbonyl (C=S) groups is 1. The maximum Gasteiger partial charge on any atom is 0.276 e. The van der Waals surface area contributed by atoms with E-state index in [1.54, 1.807) is 30.3 Å². The number of hydrazine groups is 1. The number of fused-ring (bicyclic) bond motifs is 1. The van der Waals surface area contributed by atoms with Gasteiger partial charge in [0.25, 0.3) is 11.8 Å². The zero-order valence-corrected chi connectivity index (χ0v) is 16.2. The van der Waals surface area contributed by atoms with Crippen molar-refractivity contribution in [2.45, 2.75) is 0 Å². The van der Waals surface area contributed by atoms with Crippen LogP contribution in [0.4, 0.5) is 0 Å². The molecular formula is C21H19N3O4S. The van der Waals surface area contributed by atoms with Crippen LogP contribution < -0.4 is 25.6 Å². The third-order valence-corrected chi connectivity index (χ3v) is 3.98. The van der Waals surface area contributed by atoms with Crippen molar-refractivity contribution < 1.29 is 19.1 Å². The summed E-state index contributed by atoms with van der Waals surface area (Å²) in [5, 5.41) is 4.46. The van der Waals surface area contributed by atoms with Crippen molar-refractivity contribution in [1.29, 1.82) is 0 Å². The molecule has 2 amide bonds. The summed E-state index contributed by atoms with van der Waals surface area (Å²) >= 11 is 4.96. The van der Waals surface area contributed by atoms with Gasteiger partial charge in [0, 0.05) is 0 Å². The van der Waals surface area contributed by atoms with E-state index in [4.69, 9.17) is 21.7 Å². The first kappa shape index (κ1) is 20.1. The molecule has 148 valence electrons. The van der Waals surface area contributed by atoms with Gasteiger partial charge in [-0.3, -0.25) is 25.8 Å². The van der Waals surface area contributed by atoms with Gasteiger partial charge in [0.15, 0.2) is 18.3 Å². The van der Waals surface area contributed by atoms with Gasteiger partial charge in [-0.1, -0.05) is 48.5 Å². The number of hydrogen-bond acceptors (Lipinski definition) is 5. The lowest BCUT2D eigenvalue weighted by Crippen LogP contribution is -2.50. The fourth-order valence-electron chi connectivity index (χ4n) is 2.43. The number of para-hydroxylation sites is 1. The number of hydrogen-bond donors (Lipinski definition) is 3. The molecule has 3 N–H and O–H groups in total. The third kappa shape index (κ3) is 6.47. The fraction of sp³-hybridized carbons (Fsp3) is 0.0952. The summed E-state index contributed by atoms with van der Waals surface area (Å²) in [5.74, 6) is 0.247. The minimum Gasteiger partial charge on any atom is -0.484 e. The fourth-order valence-corrected chi connectivity index (χ4v) is 2.59. The average molecular weight is 409 g/mol. The monoisotopic (exact) mass is 409 g/mol. The van der Waals surface area contributed by atoms with Crippen LogP contribution in [0.15, 0.2) is 72.8 Å². The molecule has 0 saturated carbocycles. The predicted octanol–water partition coefficient (Wildman–Crippen LogP) is 2.32. The zero-order chi connectivity index (χ0) is 20.5. The minimum atomic E-state index is -0.451. The highest BCUT2D eigenvalue weighted by atomic mass is 32.1. The van der Waals surface area contributed by atoms with Gasteiger partial charge in [-0.25, -0.2) is 0 Å². The number of ether oxygens (including phenoxy) is 2. The Hall–Kier alpha value is -3.65. The molecule has 0 aliphatic rings. The van der Waals surface area contributed by atoms with Gasteiger partial charge < -0.3 is 9.47 Å². The molecule has 0 unspecified atom stereocenters. The molecule has 0 spiro atoms. The van der Waals surface area contributed by atoms with Crippen LogP contribution in [0.25, 0.3) is 10.8 Å². The molecule has 0 bridgehead atoms. The van der Waals surface area contributed by atoms with E-state index in [1.807, 2.05) is 42.5 Å².